The van der Waals surface area contributed by atoms with E-state index >= 15 is 0 Å². The summed E-state index contributed by atoms with van der Waals surface area (Å²) in [5, 5.41) is 0. The molecule has 0 fully saturated rings. The van der Waals surface area contributed by atoms with Gasteiger partial charge in [-0.2, -0.15) is 0 Å². The maximum atomic E-state index is 11.5. The van der Waals surface area contributed by atoms with Gasteiger partial charge < -0.3 is 16.2 Å². The van der Waals surface area contributed by atoms with Crippen LogP contribution in [-0.2, 0) is 14.3 Å². The Bertz CT molecular complexity index is 254. The summed E-state index contributed by atoms with van der Waals surface area (Å²) in [5.74, 6) is -1.50. The predicted octanol–water partition coefficient (Wildman–Crippen LogP) is 0.413. The van der Waals surface area contributed by atoms with Crippen LogP contribution in [0.2, 0.25) is 0 Å². The van der Waals surface area contributed by atoms with Crippen LogP contribution in [0.25, 0.3) is 0 Å². The van der Waals surface area contributed by atoms with E-state index in [0.29, 0.717) is 0 Å². The standard InChI is InChI=1S/C11H22N2O3/c1-5-7(4)9(13)11(15)16-10(14)8(12)6(2)3/h6-9H,5,12-13H2,1-4H3/t7-,8-,9-/m0/s1. The smallest absolute Gasteiger partial charge is 0.330 e. The third kappa shape index (κ3) is 4.28. The van der Waals surface area contributed by atoms with Crippen molar-refractivity contribution in [2.75, 3.05) is 0 Å². The highest BCUT2D eigenvalue weighted by Gasteiger charge is 2.27. The number of hydrogen-bond donors (Lipinski definition) is 2. The van der Waals surface area contributed by atoms with Gasteiger partial charge in [0.1, 0.15) is 12.1 Å². The van der Waals surface area contributed by atoms with Crippen molar-refractivity contribution in [3.63, 3.8) is 0 Å². The van der Waals surface area contributed by atoms with Crippen LogP contribution < -0.4 is 11.5 Å². The second-order valence-electron chi connectivity index (χ2n) is 4.42. The highest BCUT2D eigenvalue weighted by Crippen LogP contribution is 2.08. The lowest BCUT2D eigenvalue weighted by Gasteiger charge is -2.18. The number of rotatable bonds is 5. The van der Waals surface area contributed by atoms with E-state index in [1.807, 2.05) is 13.8 Å². The summed E-state index contributed by atoms with van der Waals surface area (Å²) in [5.41, 5.74) is 11.2. The average molecular weight is 230 g/mol. The van der Waals surface area contributed by atoms with Crippen LogP contribution in [0, 0.1) is 11.8 Å². The van der Waals surface area contributed by atoms with Gasteiger partial charge in [-0.25, -0.2) is 9.59 Å². The molecule has 94 valence electrons. The van der Waals surface area contributed by atoms with E-state index in [2.05, 4.69) is 4.74 Å². The van der Waals surface area contributed by atoms with Crippen molar-refractivity contribution in [2.24, 2.45) is 23.3 Å². The second-order valence-corrected chi connectivity index (χ2v) is 4.42. The fourth-order valence-corrected chi connectivity index (χ4v) is 0.994. The molecule has 0 aromatic carbocycles. The molecule has 0 heterocycles. The molecule has 0 saturated heterocycles. The van der Waals surface area contributed by atoms with Crippen molar-refractivity contribution in [1.82, 2.24) is 0 Å². The Hall–Kier alpha value is -0.940. The molecule has 5 nitrogen and oxygen atoms in total. The summed E-state index contributed by atoms with van der Waals surface area (Å²) < 4.78 is 4.63. The molecular formula is C11H22N2O3. The third-order valence-corrected chi connectivity index (χ3v) is 2.72. The van der Waals surface area contributed by atoms with Gasteiger partial charge in [-0.3, -0.25) is 0 Å². The fraction of sp³-hybridized carbons (Fsp3) is 0.818. The Kier molecular flexibility index (Phi) is 6.21. The van der Waals surface area contributed by atoms with Gasteiger partial charge in [-0.05, 0) is 11.8 Å². The van der Waals surface area contributed by atoms with Crippen LogP contribution >= 0.6 is 0 Å². The monoisotopic (exact) mass is 230 g/mol. The van der Waals surface area contributed by atoms with Crippen LogP contribution in [0.4, 0.5) is 0 Å². The molecule has 0 aliphatic rings. The van der Waals surface area contributed by atoms with Gasteiger partial charge in [0.05, 0.1) is 0 Å². The first kappa shape index (κ1) is 15.1. The summed E-state index contributed by atoms with van der Waals surface area (Å²) >= 11 is 0. The largest absolute Gasteiger partial charge is 0.391 e. The van der Waals surface area contributed by atoms with Gasteiger partial charge in [0, 0.05) is 0 Å². The first-order chi connectivity index (χ1) is 7.31. The van der Waals surface area contributed by atoms with Gasteiger partial charge in [0.25, 0.3) is 0 Å². The van der Waals surface area contributed by atoms with E-state index in [1.165, 1.54) is 0 Å². The SMILES string of the molecule is CC[C@H](C)[C@H](N)C(=O)OC(=O)[C@@H](N)C(C)C. The summed E-state index contributed by atoms with van der Waals surface area (Å²) in [6, 6.07) is -1.55. The lowest BCUT2D eigenvalue weighted by atomic mass is 10.0. The molecule has 3 atom stereocenters. The molecule has 0 radical (unpaired) electrons. The maximum absolute atomic E-state index is 11.5. The number of carbonyl (C=O) groups excluding carboxylic acids is 2. The van der Waals surface area contributed by atoms with Crippen molar-refractivity contribution >= 4 is 11.9 Å². The Morgan fingerprint density at radius 3 is 1.88 bits per heavy atom. The summed E-state index contributed by atoms with van der Waals surface area (Å²) in [6.07, 6.45) is 0.751. The van der Waals surface area contributed by atoms with Crippen molar-refractivity contribution in [3.05, 3.63) is 0 Å². The molecule has 0 rings (SSSR count). The minimum absolute atomic E-state index is 0.0180. The molecule has 0 aromatic heterocycles. The molecule has 0 bridgehead atoms. The van der Waals surface area contributed by atoms with E-state index in [1.54, 1.807) is 13.8 Å². The zero-order chi connectivity index (χ0) is 12.9. The number of hydrogen-bond acceptors (Lipinski definition) is 5. The van der Waals surface area contributed by atoms with Crippen LogP contribution in [0.15, 0.2) is 0 Å². The summed E-state index contributed by atoms with van der Waals surface area (Å²) in [7, 11) is 0. The minimum atomic E-state index is -0.784. The normalized spacial score (nSPS) is 16.7. The van der Waals surface area contributed by atoms with Crippen LogP contribution in [0.1, 0.15) is 34.1 Å². The van der Waals surface area contributed by atoms with Gasteiger partial charge >= 0.3 is 11.9 Å². The van der Waals surface area contributed by atoms with E-state index in [4.69, 9.17) is 11.5 Å². The summed E-state index contributed by atoms with van der Waals surface area (Å²) in [4.78, 5) is 22.8. The number of esters is 2. The van der Waals surface area contributed by atoms with Crippen molar-refractivity contribution < 1.29 is 14.3 Å². The van der Waals surface area contributed by atoms with Gasteiger partial charge in [0.2, 0.25) is 0 Å². The highest BCUT2D eigenvalue weighted by molar-refractivity contribution is 5.90. The van der Waals surface area contributed by atoms with Crippen LogP contribution in [0.3, 0.4) is 0 Å². The third-order valence-electron chi connectivity index (χ3n) is 2.72. The van der Waals surface area contributed by atoms with Crippen LogP contribution in [0.5, 0.6) is 0 Å². The fourth-order valence-electron chi connectivity index (χ4n) is 0.994. The van der Waals surface area contributed by atoms with Crippen molar-refractivity contribution in [2.45, 2.75) is 46.2 Å². The van der Waals surface area contributed by atoms with E-state index in [0.717, 1.165) is 6.42 Å². The Labute approximate surface area is 96.5 Å². The van der Waals surface area contributed by atoms with Gasteiger partial charge in [0.15, 0.2) is 0 Å². The summed E-state index contributed by atoms with van der Waals surface area (Å²) in [6.45, 7) is 7.31. The molecule has 4 N–H and O–H groups in total. The molecule has 0 unspecified atom stereocenters. The molecule has 0 aromatic rings. The lowest BCUT2D eigenvalue weighted by Crippen LogP contribution is -2.44. The average Bonchev–Trinajstić information content (AvgIpc) is 2.25. The van der Waals surface area contributed by atoms with E-state index < -0.39 is 24.0 Å². The predicted molar refractivity (Wildman–Crippen MR) is 61.3 cm³/mol. The molecule has 0 amide bonds. The molecule has 0 spiro atoms. The zero-order valence-electron chi connectivity index (χ0n) is 10.4. The molecule has 0 aliphatic carbocycles. The Morgan fingerprint density at radius 2 is 1.50 bits per heavy atom. The van der Waals surface area contributed by atoms with Crippen LogP contribution in [-0.4, -0.2) is 24.0 Å². The molecule has 16 heavy (non-hydrogen) atoms. The molecule has 5 heteroatoms. The second kappa shape index (κ2) is 6.60. The quantitative estimate of drug-likeness (QED) is 0.527. The maximum Gasteiger partial charge on any atom is 0.330 e. The van der Waals surface area contributed by atoms with Gasteiger partial charge in [-0.1, -0.05) is 34.1 Å². The first-order valence-corrected chi connectivity index (χ1v) is 5.57. The minimum Gasteiger partial charge on any atom is -0.391 e. The van der Waals surface area contributed by atoms with Crippen molar-refractivity contribution in [1.29, 1.82) is 0 Å². The number of carbonyl (C=O) groups is 2. The Balaban J connectivity index is 4.30. The molecule has 0 saturated carbocycles. The number of nitrogens with two attached hydrogens (primary N) is 2. The van der Waals surface area contributed by atoms with E-state index in [9.17, 15) is 9.59 Å². The number of ether oxygens (including phenoxy) is 1. The first-order valence-electron chi connectivity index (χ1n) is 5.57. The van der Waals surface area contributed by atoms with Gasteiger partial charge in [-0.15, -0.1) is 0 Å². The molecular weight excluding hydrogens is 208 g/mol. The highest BCUT2D eigenvalue weighted by atomic mass is 16.6. The lowest BCUT2D eigenvalue weighted by molar-refractivity contribution is -0.162. The Morgan fingerprint density at radius 1 is 1.06 bits per heavy atom. The van der Waals surface area contributed by atoms with Crippen molar-refractivity contribution in [3.8, 4) is 0 Å². The zero-order valence-corrected chi connectivity index (χ0v) is 10.4. The topological polar surface area (TPSA) is 95.4 Å². The van der Waals surface area contributed by atoms with E-state index in [-0.39, 0.29) is 11.8 Å². The molecule has 0 aliphatic heterocycles.